The lowest BCUT2D eigenvalue weighted by atomic mass is 9.83. The van der Waals surface area contributed by atoms with Crippen molar-refractivity contribution >= 4 is 11.4 Å². The third kappa shape index (κ3) is 3.40. The van der Waals surface area contributed by atoms with Crippen molar-refractivity contribution in [1.29, 1.82) is 0 Å². The standard InChI is InChI=1S/C26H26N2O5/c1-30-18-9-17(10-19(11-18)31-2)27-26-21-13-28-6-5-16-8-24-25(33-14-32-24)12-20(16)22(28)7-15(21)3-4-23(26)29/h3-4,8-12,22,27,29H,5-7,13-14H2,1-2H3. The third-order valence-corrected chi connectivity index (χ3v) is 6.89. The van der Waals surface area contributed by atoms with E-state index in [9.17, 15) is 5.11 Å². The van der Waals surface area contributed by atoms with Crippen molar-refractivity contribution in [2.45, 2.75) is 25.4 Å². The van der Waals surface area contributed by atoms with Gasteiger partial charge in [0.25, 0.3) is 0 Å². The summed E-state index contributed by atoms with van der Waals surface area (Å²) in [6.07, 6.45) is 1.84. The van der Waals surface area contributed by atoms with Crippen LogP contribution < -0.4 is 24.3 Å². The molecule has 1 unspecified atom stereocenters. The van der Waals surface area contributed by atoms with Crippen LogP contribution in [0.1, 0.15) is 28.3 Å². The molecule has 3 aliphatic rings. The van der Waals surface area contributed by atoms with Crippen LogP contribution in [0.4, 0.5) is 11.4 Å². The van der Waals surface area contributed by atoms with Gasteiger partial charge in [0.2, 0.25) is 6.79 Å². The Morgan fingerprint density at radius 1 is 0.970 bits per heavy atom. The number of anilines is 2. The van der Waals surface area contributed by atoms with Crippen LogP contribution in [0.25, 0.3) is 0 Å². The Labute approximate surface area is 192 Å². The highest BCUT2D eigenvalue weighted by atomic mass is 16.7. The number of methoxy groups -OCH3 is 2. The zero-order chi connectivity index (χ0) is 22.5. The molecular formula is C26H26N2O5. The summed E-state index contributed by atoms with van der Waals surface area (Å²) in [6.45, 7) is 2.00. The van der Waals surface area contributed by atoms with E-state index >= 15 is 0 Å². The van der Waals surface area contributed by atoms with Gasteiger partial charge in [-0.3, -0.25) is 4.90 Å². The molecule has 3 aromatic rings. The van der Waals surface area contributed by atoms with Gasteiger partial charge in [-0.15, -0.1) is 0 Å². The number of fused-ring (bicyclic) bond motifs is 5. The van der Waals surface area contributed by atoms with E-state index in [1.165, 1.54) is 16.7 Å². The molecule has 0 saturated heterocycles. The predicted octanol–water partition coefficient (Wildman–Crippen LogP) is 4.54. The molecule has 0 fully saturated rings. The van der Waals surface area contributed by atoms with Crippen molar-refractivity contribution in [2.75, 3.05) is 32.9 Å². The molecule has 0 aliphatic carbocycles. The van der Waals surface area contributed by atoms with Crippen molar-refractivity contribution in [1.82, 2.24) is 4.90 Å². The molecule has 2 N–H and O–H groups in total. The largest absolute Gasteiger partial charge is 0.506 e. The van der Waals surface area contributed by atoms with E-state index in [1.54, 1.807) is 20.3 Å². The maximum absolute atomic E-state index is 10.8. The Balaban J connectivity index is 1.36. The van der Waals surface area contributed by atoms with E-state index in [1.807, 2.05) is 24.3 Å². The monoisotopic (exact) mass is 446 g/mol. The van der Waals surface area contributed by atoms with Crippen molar-refractivity contribution < 1.29 is 24.1 Å². The number of phenols is 1. The van der Waals surface area contributed by atoms with Crippen LogP contribution in [-0.4, -0.2) is 37.6 Å². The molecule has 0 radical (unpaired) electrons. The average Bonchev–Trinajstić information content (AvgIpc) is 3.30. The van der Waals surface area contributed by atoms with Crippen LogP contribution in [0.15, 0.2) is 42.5 Å². The number of aromatic hydroxyl groups is 1. The molecule has 3 heterocycles. The number of hydrogen-bond donors (Lipinski definition) is 2. The summed E-state index contributed by atoms with van der Waals surface area (Å²) in [5, 5.41) is 14.2. The number of phenolic OH excluding ortho intramolecular Hbond substituents is 1. The van der Waals surface area contributed by atoms with E-state index in [0.29, 0.717) is 18.3 Å². The van der Waals surface area contributed by atoms with Gasteiger partial charge >= 0.3 is 0 Å². The van der Waals surface area contributed by atoms with Gasteiger partial charge in [-0.05, 0) is 53.3 Å². The quantitative estimate of drug-likeness (QED) is 0.570. The van der Waals surface area contributed by atoms with Crippen molar-refractivity contribution in [3.63, 3.8) is 0 Å². The fourth-order valence-electron chi connectivity index (χ4n) is 5.20. The molecule has 3 aromatic carbocycles. The molecule has 170 valence electrons. The summed E-state index contributed by atoms with van der Waals surface area (Å²) >= 11 is 0. The topological polar surface area (TPSA) is 72.4 Å². The first kappa shape index (κ1) is 20.1. The molecular weight excluding hydrogens is 420 g/mol. The highest BCUT2D eigenvalue weighted by molar-refractivity contribution is 5.73. The fraction of sp³-hybridized carbons (Fsp3) is 0.308. The van der Waals surface area contributed by atoms with Crippen LogP contribution in [0.3, 0.4) is 0 Å². The number of rotatable bonds is 4. The molecule has 0 bridgehead atoms. The molecule has 6 rings (SSSR count). The molecule has 0 saturated carbocycles. The zero-order valence-corrected chi connectivity index (χ0v) is 18.7. The van der Waals surface area contributed by atoms with Crippen LogP contribution in [-0.2, 0) is 19.4 Å². The number of nitrogens with zero attached hydrogens (tertiary/aromatic N) is 1. The molecule has 0 spiro atoms. The molecule has 0 aromatic heterocycles. The van der Waals surface area contributed by atoms with E-state index < -0.39 is 0 Å². The van der Waals surface area contributed by atoms with Crippen molar-refractivity contribution in [3.05, 3.63) is 64.7 Å². The molecule has 3 aliphatic heterocycles. The summed E-state index contributed by atoms with van der Waals surface area (Å²) in [4.78, 5) is 2.49. The summed E-state index contributed by atoms with van der Waals surface area (Å²) in [6, 6.07) is 14.0. The lowest BCUT2D eigenvalue weighted by Crippen LogP contribution is -2.39. The van der Waals surface area contributed by atoms with E-state index in [0.717, 1.165) is 54.4 Å². The minimum absolute atomic E-state index is 0.231. The minimum atomic E-state index is 0.231. The number of nitrogens with one attached hydrogen (secondary N) is 1. The maximum atomic E-state index is 10.8. The van der Waals surface area contributed by atoms with E-state index in [4.69, 9.17) is 18.9 Å². The fourth-order valence-corrected chi connectivity index (χ4v) is 5.20. The maximum Gasteiger partial charge on any atom is 0.231 e. The Bertz CT molecular complexity index is 1220. The third-order valence-electron chi connectivity index (χ3n) is 6.89. The second-order valence-electron chi connectivity index (χ2n) is 8.67. The van der Waals surface area contributed by atoms with Crippen LogP contribution in [0, 0.1) is 0 Å². The summed E-state index contributed by atoms with van der Waals surface area (Å²) in [5.74, 6) is 3.29. The smallest absolute Gasteiger partial charge is 0.231 e. The first-order valence-electron chi connectivity index (χ1n) is 11.1. The lowest BCUT2D eigenvalue weighted by Gasteiger charge is -2.42. The summed E-state index contributed by atoms with van der Waals surface area (Å²) in [7, 11) is 3.25. The SMILES string of the molecule is COc1cc(Nc2c(O)ccc3c2CN2CCc4cc5c(cc4C2C3)OCO5)cc(OC)c1. The highest BCUT2D eigenvalue weighted by Gasteiger charge is 2.35. The Morgan fingerprint density at radius 3 is 2.48 bits per heavy atom. The van der Waals surface area contributed by atoms with Crippen LogP contribution >= 0.6 is 0 Å². The number of ether oxygens (including phenoxy) is 4. The van der Waals surface area contributed by atoms with E-state index in [2.05, 4.69) is 22.3 Å². The van der Waals surface area contributed by atoms with Gasteiger partial charge in [0.05, 0.1) is 19.9 Å². The van der Waals surface area contributed by atoms with Gasteiger partial charge in [0.15, 0.2) is 11.5 Å². The van der Waals surface area contributed by atoms with Crippen LogP contribution in [0.2, 0.25) is 0 Å². The van der Waals surface area contributed by atoms with Crippen molar-refractivity contribution in [2.24, 2.45) is 0 Å². The Kier molecular flexibility index (Phi) is 4.73. The van der Waals surface area contributed by atoms with Gasteiger partial charge in [-0.2, -0.15) is 0 Å². The second-order valence-corrected chi connectivity index (χ2v) is 8.67. The van der Waals surface area contributed by atoms with E-state index in [-0.39, 0.29) is 11.8 Å². The summed E-state index contributed by atoms with van der Waals surface area (Å²) < 4.78 is 22.0. The predicted molar refractivity (Wildman–Crippen MR) is 124 cm³/mol. The molecule has 0 amide bonds. The molecule has 33 heavy (non-hydrogen) atoms. The lowest BCUT2D eigenvalue weighted by molar-refractivity contribution is 0.161. The van der Waals surface area contributed by atoms with Gasteiger partial charge in [0, 0.05) is 43.0 Å². The molecule has 1 atom stereocenters. The first-order chi connectivity index (χ1) is 16.1. The second kappa shape index (κ2) is 7.78. The minimum Gasteiger partial charge on any atom is -0.506 e. The number of benzene rings is 3. The van der Waals surface area contributed by atoms with Gasteiger partial charge in [-0.25, -0.2) is 0 Å². The zero-order valence-electron chi connectivity index (χ0n) is 18.7. The first-order valence-corrected chi connectivity index (χ1v) is 11.1. The highest BCUT2D eigenvalue weighted by Crippen LogP contribution is 2.46. The van der Waals surface area contributed by atoms with Crippen molar-refractivity contribution in [3.8, 4) is 28.7 Å². The van der Waals surface area contributed by atoms with Crippen LogP contribution in [0.5, 0.6) is 28.7 Å². The number of hydrogen-bond acceptors (Lipinski definition) is 7. The van der Waals surface area contributed by atoms with Gasteiger partial charge in [0.1, 0.15) is 17.2 Å². The average molecular weight is 447 g/mol. The van der Waals surface area contributed by atoms with Gasteiger partial charge in [-0.1, -0.05) is 6.07 Å². The Morgan fingerprint density at radius 2 is 1.73 bits per heavy atom. The normalized spacial score (nSPS) is 18.2. The molecule has 7 heteroatoms. The van der Waals surface area contributed by atoms with Gasteiger partial charge < -0.3 is 29.4 Å². The Hall–Kier alpha value is -3.58. The summed E-state index contributed by atoms with van der Waals surface area (Å²) in [5.41, 5.74) is 6.54. The molecule has 7 nitrogen and oxygen atoms in total.